The maximum absolute atomic E-state index is 3.56. The molecule has 1 heterocycles. The highest BCUT2D eigenvalue weighted by molar-refractivity contribution is 5.29. The number of hydrogen-bond acceptors (Lipinski definition) is 2. The maximum Gasteiger partial charge on any atom is 0.0238 e. The van der Waals surface area contributed by atoms with E-state index < -0.39 is 0 Å². The lowest BCUT2D eigenvalue weighted by molar-refractivity contribution is 0.326. The molecule has 0 bridgehead atoms. The van der Waals surface area contributed by atoms with Gasteiger partial charge in [-0.15, -0.1) is 0 Å². The smallest absolute Gasteiger partial charge is 0.0238 e. The summed E-state index contributed by atoms with van der Waals surface area (Å²) in [6.07, 6.45) is 1.16. The quantitative estimate of drug-likeness (QED) is 0.755. The first-order valence-corrected chi connectivity index (χ1v) is 5.20. The molecule has 0 spiro atoms. The molecule has 0 unspecified atom stereocenters. The second-order valence-electron chi connectivity index (χ2n) is 4.31. The Morgan fingerprint density at radius 3 is 2.71 bits per heavy atom. The van der Waals surface area contributed by atoms with Crippen molar-refractivity contribution in [1.29, 1.82) is 0 Å². The summed E-state index contributed by atoms with van der Waals surface area (Å²) in [5.74, 6) is 0. The van der Waals surface area contributed by atoms with Gasteiger partial charge in [0.25, 0.3) is 0 Å². The van der Waals surface area contributed by atoms with Crippen LogP contribution < -0.4 is 5.32 Å². The average molecular weight is 190 g/mol. The minimum absolute atomic E-state index is 0.611. The Labute approximate surface area is 85.9 Å². The largest absolute Gasteiger partial charge is 0.308 e. The van der Waals surface area contributed by atoms with Gasteiger partial charge in [-0.3, -0.25) is 0 Å². The Morgan fingerprint density at radius 2 is 2.00 bits per heavy atom. The third-order valence-electron chi connectivity index (χ3n) is 2.75. The molecule has 14 heavy (non-hydrogen) atoms. The van der Waals surface area contributed by atoms with Gasteiger partial charge in [-0.1, -0.05) is 24.3 Å². The summed E-state index contributed by atoms with van der Waals surface area (Å²) >= 11 is 0. The molecule has 0 radical (unpaired) electrons. The number of benzene rings is 1. The summed E-state index contributed by atoms with van der Waals surface area (Å²) in [6, 6.07) is 9.33. The summed E-state index contributed by atoms with van der Waals surface area (Å²) in [4.78, 5) is 2.24. The number of nitrogens with one attached hydrogen (secondary N) is 1. The molecular formula is C12H18N2. The van der Waals surface area contributed by atoms with Gasteiger partial charge in [0.05, 0.1) is 0 Å². The summed E-state index contributed by atoms with van der Waals surface area (Å²) in [7, 11) is 4.25. The molecule has 0 fully saturated rings. The second-order valence-corrected chi connectivity index (χ2v) is 4.31. The predicted molar refractivity (Wildman–Crippen MR) is 59.3 cm³/mol. The van der Waals surface area contributed by atoms with E-state index >= 15 is 0 Å². The highest BCUT2D eigenvalue weighted by Crippen LogP contribution is 2.16. The van der Waals surface area contributed by atoms with Gasteiger partial charge in [0.1, 0.15) is 0 Å². The Bertz CT molecular complexity index is 307. The van der Waals surface area contributed by atoms with Crippen LogP contribution in [0.25, 0.3) is 0 Å². The van der Waals surface area contributed by atoms with Crippen molar-refractivity contribution in [3.05, 3.63) is 35.4 Å². The first-order chi connectivity index (χ1) is 6.75. The molecule has 1 aliphatic heterocycles. The van der Waals surface area contributed by atoms with Crippen LogP contribution in [0.3, 0.4) is 0 Å². The van der Waals surface area contributed by atoms with Crippen molar-refractivity contribution in [1.82, 2.24) is 10.2 Å². The van der Waals surface area contributed by atoms with Crippen LogP contribution in [-0.4, -0.2) is 31.6 Å². The molecule has 1 aromatic rings. The van der Waals surface area contributed by atoms with Gasteiger partial charge in [-0.2, -0.15) is 0 Å². The van der Waals surface area contributed by atoms with E-state index in [2.05, 4.69) is 48.6 Å². The second kappa shape index (κ2) is 4.11. The van der Waals surface area contributed by atoms with Crippen LogP contribution in [-0.2, 0) is 13.0 Å². The van der Waals surface area contributed by atoms with E-state index in [0.29, 0.717) is 6.04 Å². The Morgan fingerprint density at radius 1 is 1.29 bits per heavy atom. The third kappa shape index (κ3) is 2.14. The van der Waals surface area contributed by atoms with E-state index in [1.165, 1.54) is 11.1 Å². The first kappa shape index (κ1) is 9.69. The molecule has 1 atom stereocenters. The van der Waals surface area contributed by atoms with E-state index in [-0.39, 0.29) is 0 Å². The average Bonchev–Trinajstić information content (AvgIpc) is 2.17. The molecule has 2 heteroatoms. The summed E-state index contributed by atoms with van der Waals surface area (Å²) < 4.78 is 0. The minimum atomic E-state index is 0.611. The standard InChI is InChI=1S/C12H18N2/c1-14(2)9-12-7-10-5-3-4-6-11(10)8-13-12/h3-6,12-13H,7-9H2,1-2H3/t12-/m0/s1. The summed E-state index contributed by atoms with van der Waals surface area (Å²) in [6.45, 7) is 2.14. The Hall–Kier alpha value is -0.860. The monoisotopic (exact) mass is 190 g/mol. The van der Waals surface area contributed by atoms with Crippen LogP contribution in [0.4, 0.5) is 0 Å². The zero-order valence-electron chi connectivity index (χ0n) is 8.96. The maximum atomic E-state index is 3.56. The molecule has 0 saturated carbocycles. The Kier molecular flexibility index (Phi) is 2.85. The van der Waals surface area contributed by atoms with Crippen molar-refractivity contribution >= 4 is 0 Å². The molecule has 1 N–H and O–H groups in total. The Balaban J connectivity index is 2.06. The molecular weight excluding hydrogens is 172 g/mol. The number of likely N-dealkylation sites (N-methyl/N-ethyl adjacent to an activating group) is 1. The molecule has 0 saturated heterocycles. The van der Waals surface area contributed by atoms with Crippen molar-refractivity contribution in [3.8, 4) is 0 Å². The lowest BCUT2D eigenvalue weighted by Gasteiger charge is -2.28. The van der Waals surface area contributed by atoms with Crippen LogP contribution in [0.1, 0.15) is 11.1 Å². The lowest BCUT2D eigenvalue weighted by Crippen LogP contribution is -2.42. The fourth-order valence-corrected chi connectivity index (χ4v) is 2.09. The number of hydrogen-bond donors (Lipinski definition) is 1. The van der Waals surface area contributed by atoms with Crippen LogP contribution in [0, 0.1) is 0 Å². The molecule has 1 aliphatic rings. The first-order valence-electron chi connectivity index (χ1n) is 5.20. The highest BCUT2D eigenvalue weighted by Gasteiger charge is 2.17. The highest BCUT2D eigenvalue weighted by atomic mass is 15.1. The van der Waals surface area contributed by atoms with Crippen LogP contribution >= 0.6 is 0 Å². The third-order valence-corrected chi connectivity index (χ3v) is 2.75. The van der Waals surface area contributed by atoms with Crippen molar-refractivity contribution < 1.29 is 0 Å². The van der Waals surface area contributed by atoms with E-state index in [4.69, 9.17) is 0 Å². The number of fused-ring (bicyclic) bond motifs is 1. The predicted octanol–water partition coefficient (Wildman–Crippen LogP) is 1.26. The SMILES string of the molecule is CN(C)C[C@@H]1Cc2ccccc2CN1. The molecule has 0 aliphatic carbocycles. The minimum Gasteiger partial charge on any atom is -0.308 e. The van der Waals surface area contributed by atoms with Crippen LogP contribution in [0.15, 0.2) is 24.3 Å². The number of rotatable bonds is 2. The van der Waals surface area contributed by atoms with E-state index in [0.717, 1.165) is 19.5 Å². The molecule has 76 valence electrons. The van der Waals surface area contributed by atoms with Crippen LogP contribution in [0.2, 0.25) is 0 Å². The zero-order valence-corrected chi connectivity index (χ0v) is 8.96. The van der Waals surface area contributed by atoms with E-state index in [1.54, 1.807) is 0 Å². The van der Waals surface area contributed by atoms with Gasteiger partial charge in [-0.25, -0.2) is 0 Å². The molecule has 2 rings (SSSR count). The molecule has 0 amide bonds. The van der Waals surface area contributed by atoms with E-state index in [9.17, 15) is 0 Å². The van der Waals surface area contributed by atoms with Gasteiger partial charge in [-0.05, 0) is 31.6 Å². The molecule has 0 aromatic heterocycles. The topological polar surface area (TPSA) is 15.3 Å². The normalized spacial score (nSPS) is 20.9. The zero-order chi connectivity index (χ0) is 9.97. The van der Waals surface area contributed by atoms with Crippen molar-refractivity contribution in [3.63, 3.8) is 0 Å². The van der Waals surface area contributed by atoms with Gasteiger partial charge >= 0.3 is 0 Å². The van der Waals surface area contributed by atoms with Crippen molar-refractivity contribution in [2.45, 2.75) is 19.0 Å². The molecule has 1 aromatic carbocycles. The fraction of sp³-hybridized carbons (Fsp3) is 0.500. The van der Waals surface area contributed by atoms with E-state index in [1.807, 2.05) is 0 Å². The van der Waals surface area contributed by atoms with Crippen molar-refractivity contribution in [2.75, 3.05) is 20.6 Å². The van der Waals surface area contributed by atoms with Gasteiger partial charge in [0.2, 0.25) is 0 Å². The fourth-order valence-electron chi connectivity index (χ4n) is 2.09. The van der Waals surface area contributed by atoms with Gasteiger partial charge < -0.3 is 10.2 Å². The molecule has 2 nitrogen and oxygen atoms in total. The van der Waals surface area contributed by atoms with Gasteiger partial charge in [0.15, 0.2) is 0 Å². The van der Waals surface area contributed by atoms with Crippen molar-refractivity contribution in [2.24, 2.45) is 0 Å². The lowest BCUT2D eigenvalue weighted by atomic mass is 9.96. The van der Waals surface area contributed by atoms with Crippen LogP contribution in [0.5, 0.6) is 0 Å². The summed E-state index contributed by atoms with van der Waals surface area (Å²) in [5, 5.41) is 3.56. The number of nitrogens with zero attached hydrogens (tertiary/aromatic N) is 1. The summed E-state index contributed by atoms with van der Waals surface area (Å²) in [5.41, 5.74) is 2.97. The van der Waals surface area contributed by atoms with Gasteiger partial charge in [0, 0.05) is 19.1 Å².